The van der Waals surface area contributed by atoms with Gasteiger partial charge in [-0.2, -0.15) is 18.3 Å². The highest BCUT2D eigenvalue weighted by Crippen LogP contribution is 2.25. The van der Waals surface area contributed by atoms with Gasteiger partial charge in [0.1, 0.15) is 11.4 Å². The molecule has 2 unspecified atom stereocenters. The molecule has 10 heteroatoms. The molecule has 1 aliphatic carbocycles. The van der Waals surface area contributed by atoms with Crippen molar-refractivity contribution in [1.29, 1.82) is 0 Å². The van der Waals surface area contributed by atoms with Crippen LogP contribution in [0, 0.1) is 5.92 Å². The van der Waals surface area contributed by atoms with Gasteiger partial charge in [0.25, 0.3) is 0 Å². The summed E-state index contributed by atoms with van der Waals surface area (Å²) in [5.74, 6) is 0.0498. The van der Waals surface area contributed by atoms with E-state index < -0.39 is 22.7 Å². The van der Waals surface area contributed by atoms with Crippen LogP contribution in [0.15, 0.2) is 17.3 Å². The van der Waals surface area contributed by atoms with E-state index in [1.165, 1.54) is 0 Å². The Bertz CT molecular complexity index is 600. The Balaban J connectivity index is 2.10. The second-order valence-corrected chi connectivity index (χ2v) is 7.21. The number of sulfonamides is 1. The highest BCUT2D eigenvalue weighted by Gasteiger charge is 2.31. The van der Waals surface area contributed by atoms with Gasteiger partial charge in [0.15, 0.2) is 0 Å². The minimum Gasteiger partial charge on any atom is -0.330 e. The lowest BCUT2D eigenvalue weighted by Gasteiger charge is -2.30. The van der Waals surface area contributed by atoms with Crippen LogP contribution in [0.3, 0.4) is 0 Å². The molecule has 1 saturated carbocycles. The quantitative estimate of drug-likeness (QED) is 0.844. The maximum absolute atomic E-state index is 12.3. The lowest BCUT2D eigenvalue weighted by Crippen LogP contribution is -2.44. The third kappa shape index (κ3) is 4.43. The standard InChI is InChI=1S/C12H19F3N4O2S/c13-12(14,15)8-19-7-10(6-17-19)22(20,21)18-11-4-2-1-3-9(11)5-16/h6-7,9,11,18H,1-5,8,16H2. The van der Waals surface area contributed by atoms with Crippen LogP contribution in [0.5, 0.6) is 0 Å². The highest BCUT2D eigenvalue weighted by atomic mass is 32.2. The summed E-state index contributed by atoms with van der Waals surface area (Å²) in [4.78, 5) is -0.266. The highest BCUT2D eigenvalue weighted by molar-refractivity contribution is 7.89. The minimum atomic E-state index is -4.45. The van der Waals surface area contributed by atoms with Gasteiger partial charge in [-0.25, -0.2) is 13.1 Å². The number of alkyl halides is 3. The number of halogens is 3. The summed E-state index contributed by atoms with van der Waals surface area (Å²) in [7, 11) is -3.89. The SMILES string of the molecule is NCC1CCCCC1NS(=O)(=O)c1cnn(CC(F)(F)F)c1. The van der Waals surface area contributed by atoms with Gasteiger partial charge in [-0.3, -0.25) is 4.68 Å². The smallest absolute Gasteiger partial charge is 0.330 e. The van der Waals surface area contributed by atoms with Gasteiger partial charge in [0.05, 0.1) is 6.20 Å². The van der Waals surface area contributed by atoms with E-state index in [1.807, 2.05) is 0 Å². The predicted molar refractivity (Wildman–Crippen MR) is 73.4 cm³/mol. The second-order valence-electron chi connectivity index (χ2n) is 5.50. The Kier molecular flexibility index (Phi) is 5.13. The van der Waals surface area contributed by atoms with Gasteiger partial charge in [-0.05, 0) is 25.3 Å². The van der Waals surface area contributed by atoms with Crippen LogP contribution in [0.25, 0.3) is 0 Å². The van der Waals surface area contributed by atoms with Crippen molar-refractivity contribution in [3.63, 3.8) is 0 Å². The molecule has 0 bridgehead atoms. The summed E-state index contributed by atoms with van der Waals surface area (Å²) in [6.45, 7) is -0.947. The van der Waals surface area contributed by atoms with Crippen LogP contribution in [0.1, 0.15) is 25.7 Å². The molecule has 1 heterocycles. The third-order valence-electron chi connectivity index (χ3n) is 3.78. The zero-order chi connectivity index (χ0) is 16.4. The Morgan fingerprint density at radius 2 is 2.05 bits per heavy atom. The van der Waals surface area contributed by atoms with Crippen molar-refractivity contribution in [2.45, 2.75) is 49.3 Å². The second kappa shape index (κ2) is 6.55. The molecular formula is C12H19F3N4O2S. The van der Waals surface area contributed by atoms with Gasteiger partial charge in [-0.1, -0.05) is 12.8 Å². The molecule has 2 atom stereocenters. The summed E-state index contributed by atoms with van der Waals surface area (Å²) in [6, 6.07) is -0.283. The fourth-order valence-corrected chi connectivity index (χ4v) is 3.96. The minimum absolute atomic E-state index is 0.0498. The topological polar surface area (TPSA) is 90.0 Å². The van der Waals surface area contributed by atoms with Crippen molar-refractivity contribution in [2.24, 2.45) is 11.7 Å². The number of hydrogen-bond acceptors (Lipinski definition) is 4. The number of nitrogens with zero attached hydrogens (tertiary/aromatic N) is 2. The van der Waals surface area contributed by atoms with Crippen molar-refractivity contribution in [3.05, 3.63) is 12.4 Å². The molecule has 1 fully saturated rings. The van der Waals surface area contributed by atoms with Crippen molar-refractivity contribution >= 4 is 10.0 Å². The third-order valence-corrected chi connectivity index (χ3v) is 5.22. The zero-order valence-electron chi connectivity index (χ0n) is 11.9. The molecule has 0 aliphatic heterocycles. The van der Waals surface area contributed by atoms with E-state index >= 15 is 0 Å². The average Bonchev–Trinajstić information content (AvgIpc) is 2.86. The zero-order valence-corrected chi connectivity index (χ0v) is 12.7. The van der Waals surface area contributed by atoms with E-state index in [9.17, 15) is 21.6 Å². The normalized spacial score (nSPS) is 23.6. The van der Waals surface area contributed by atoms with E-state index in [0.29, 0.717) is 17.6 Å². The van der Waals surface area contributed by atoms with Crippen LogP contribution in [0.2, 0.25) is 0 Å². The molecule has 126 valence electrons. The maximum Gasteiger partial charge on any atom is 0.408 e. The monoisotopic (exact) mass is 340 g/mol. The van der Waals surface area contributed by atoms with Crippen LogP contribution in [0.4, 0.5) is 13.2 Å². The number of aromatic nitrogens is 2. The summed E-state index contributed by atoms with van der Waals surface area (Å²) >= 11 is 0. The molecule has 0 amide bonds. The van der Waals surface area contributed by atoms with Gasteiger partial charge >= 0.3 is 6.18 Å². The van der Waals surface area contributed by atoms with Crippen molar-refractivity contribution in [3.8, 4) is 0 Å². The van der Waals surface area contributed by atoms with Gasteiger partial charge in [-0.15, -0.1) is 0 Å². The van der Waals surface area contributed by atoms with Gasteiger partial charge in [0.2, 0.25) is 10.0 Å². The number of hydrogen-bond donors (Lipinski definition) is 2. The first-order chi connectivity index (χ1) is 10.2. The molecule has 1 aliphatic rings. The molecular weight excluding hydrogens is 321 g/mol. The van der Waals surface area contributed by atoms with Crippen molar-refractivity contribution < 1.29 is 21.6 Å². The summed E-state index contributed by atoms with van der Waals surface area (Å²) in [6.07, 6.45) is 0.786. The first kappa shape index (κ1) is 17.2. The number of nitrogens with one attached hydrogen (secondary N) is 1. The number of nitrogens with two attached hydrogens (primary N) is 1. The molecule has 6 nitrogen and oxygen atoms in total. The van der Waals surface area contributed by atoms with E-state index in [4.69, 9.17) is 5.73 Å². The van der Waals surface area contributed by atoms with Gasteiger partial charge in [0, 0.05) is 12.2 Å². The predicted octanol–water partition coefficient (Wildman–Crippen LogP) is 1.24. The Morgan fingerprint density at radius 1 is 1.36 bits per heavy atom. The maximum atomic E-state index is 12.3. The van der Waals surface area contributed by atoms with E-state index in [-0.39, 0.29) is 16.9 Å². The van der Waals surface area contributed by atoms with E-state index in [0.717, 1.165) is 31.7 Å². The summed E-state index contributed by atoms with van der Waals surface area (Å²) < 4.78 is 64.5. The van der Waals surface area contributed by atoms with Crippen LogP contribution < -0.4 is 10.5 Å². The van der Waals surface area contributed by atoms with Gasteiger partial charge < -0.3 is 5.73 Å². The lowest BCUT2D eigenvalue weighted by molar-refractivity contribution is -0.142. The molecule has 2 rings (SSSR count). The van der Waals surface area contributed by atoms with Crippen molar-refractivity contribution in [2.75, 3.05) is 6.54 Å². The molecule has 1 aromatic rings. The largest absolute Gasteiger partial charge is 0.408 e. The molecule has 22 heavy (non-hydrogen) atoms. The average molecular weight is 340 g/mol. The number of rotatable bonds is 5. The molecule has 1 aromatic heterocycles. The molecule has 3 N–H and O–H groups in total. The van der Waals surface area contributed by atoms with E-state index in [1.54, 1.807) is 0 Å². The Hall–Kier alpha value is -1.13. The lowest BCUT2D eigenvalue weighted by atomic mass is 9.85. The summed E-state index contributed by atoms with van der Waals surface area (Å²) in [5.41, 5.74) is 5.65. The molecule has 0 radical (unpaired) electrons. The fraction of sp³-hybridized carbons (Fsp3) is 0.750. The fourth-order valence-electron chi connectivity index (χ4n) is 2.67. The van der Waals surface area contributed by atoms with Crippen LogP contribution in [-0.4, -0.2) is 37.0 Å². The Labute approximate surface area is 126 Å². The molecule has 0 aromatic carbocycles. The molecule has 0 spiro atoms. The van der Waals surface area contributed by atoms with Crippen LogP contribution >= 0.6 is 0 Å². The van der Waals surface area contributed by atoms with E-state index in [2.05, 4.69) is 9.82 Å². The first-order valence-corrected chi connectivity index (χ1v) is 8.51. The first-order valence-electron chi connectivity index (χ1n) is 7.03. The summed E-state index contributed by atoms with van der Waals surface area (Å²) in [5, 5.41) is 3.45. The Morgan fingerprint density at radius 3 is 2.68 bits per heavy atom. The molecule has 0 saturated heterocycles. The van der Waals surface area contributed by atoms with Crippen LogP contribution in [-0.2, 0) is 16.6 Å². The van der Waals surface area contributed by atoms with Crippen molar-refractivity contribution in [1.82, 2.24) is 14.5 Å².